The summed E-state index contributed by atoms with van der Waals surface area (Å²) in [5.41, 5.74) is 0.205. The first-order valence-electron chi connectivity index (χ1n) is 5.61. The third-order valence-electron chi connectivity index (χ3n) is 2.60. The number of nitriles is 1. The largest absolute Gasteiger partial charge is 0.385 e. The van der Waals surface area contributed by atoms with E-state index in [-0.39, 0.29) is 5.41 Å². The van der Waals surface area contributed by atoms with Crippen molar-refractivity contribution >= 4 is 0 Å². The van der Waals surface area contributed by atoms with Gasteiger partial charge in [-0.05, 0) is 25.2 Å². The molecule has 0 aliphatic heterocycles. The molecule has 15 heavy (non-hydrogen) atoms. The third kappa shape index (κ3) is 8.41. The molecule has 0 fully saturated rings. The molecular weight excluding hydrogens is 188 g/mol. The molecule has 0 radical (unpaired) electrons. The van der Waals surface area contributed by atoms with E-state index in [4.69, 9.17) is 10.00 Å². The predicted octanol–water partition coefficient (Wildman–Crippen LogP) is 2.33. The van der Waals surface area contributed by atoms with Gasteiger partial charge in [0.1, 0.15) is 0 Å². The number of hydrogen-bond acceptors (Lipinski definition) is 3. The van der Waals surface area contributed by atoms with Crippen molar-refractivity contribution in [2.45, 2.75) is 46.1 Å². The minimum absolute atomic E-state index is 0.205. The van der Waals surface area contributed by atoms with Gasteiger partial charge in [-0.2, -0.15) is 5.26 Å². The van der Waals surface area contributed by atoms with Crippen molar-refractivity contribution in [3.8, 4) is 6.07 Å². The van der Waals surface area contributed by atoms with Crippen LogP contribution in [0.1, 0.15) is 40.0 Å². The van der Waals surface area contributed by atoms with E-state index in [0.717, 1.165) is 26.0 Å². The summed E-state index contributed by atoms with van der Waals surface area (Å²) in [5.74, 6) is 0. The maximum atomic E-state index is 8.54. The zero-order chi connectivity index (χ0) is 11.7. The summed E-state index contributed by atoms with van der Waals surface area (Å²) >= 11 is 0. The molecule has 1 N–H and O–H groups in total. The van der Waals surface area contributed by atoms with Crippen molar-refractivity contribution in [1.29, 1.82) is 5.26 Å². The molecule has 0 aromatic heterocycles. The highest BCUT2D eigenvalue weighted by Crippen LogP contribution is 2.20. The highest BCUT2D eigenvalue weighted by atomic mass is 16.5. The zero-order valence-electron chi connectivity index (χ0n) is 10.5. The number of hydrogen-bond donors (Lipinski definition) is 1. The lowest BCUT2D eigenvalue weighted by Gasteiger charge is -2.26. The second kappa shape index (κ2) is 7.67. The van der Waals surface area contributed by atoms with Crippen LogP contribution in [0.25, 0.3) is 0 Å². The number of ether oxygens (including phenoxy) is 1. The van der Waals surface area contributed by atoms with Crippen LogP contribution in [-0.2, 0) is 4.74 Å². The van der Waals surface area contributed by atoms with Gasteiger partial charge in [0.05, 0.1) is 6.07 Å². The second-order valence-corrected chi connectivity index (χ2v) is 4.89. The van der Waals surface area contributed by atoms with E-state index in [1.807, 2.05) is 0 Å². The average Bonchev–Trinajstić information content (AvgIpc) is 2.21. The maximum absolute atomic E-state index is 8.54. The highest BCUT2D eigenvalue weighted by molar-refractivity contribution is 4.79. The van der Waals surface area contributed by atoms with Gasteiger partial charge in [-0.15, -0.1) is 0 Å². The Labute approximate surface area is 93.8 Å². The fraction of sp³-hybridized carbons (Fsp3) is 0.917. The van der Waals surface area contributed by atoms with Gasteiger partial charge in [0.2, 0.25) is 0 Å². The Morgan fingerprint density at radius 2 is 2.13 bits per heavy atom. The van der Waals surface area contributed by atoms with Crippen molar-refractivity contribution in [3.05, 3.63) is 0 Å². The van der Waals surface area contributed by atoms with Crippen LogP contribution in [0.3, 0.4) is 0 Å². The Hall–Kier alpha value is -0.590. The predicted molar refractivity (Wildman–Crippen MR) is 62.6 cm³/mol. The fourth-order valence-electron chi connectivity index (χ4n) is 1.33. The Bertz CT molecular complexity index is 196. The van der Waals surface area contributed by atoms with E-state index >= 15 is 0 Å². The molecule has 3 nitrogen and oxygen atoms in total. The van der Waals surface area contributed by atoms with Gasteiger partial charge < -0.3 is 10.1 Å². The average molecular weight is 212 g/mol. The van der Waals surface area contributed by atoms with Gasteiger partial charge >= 0.3 is 0 Å². The van der Waals surface area contributed by atoms with Gasteiger partial charge in [-0.3, -0.25) is 0 Å². The lowest BCUT2D eigenvalue weighted by Crippen LogP contribution is -2.36. The lowest BCUT2D eigenvalue weighted by molar-refractivity contribution is 0.181. The third-order valence-corrected chi connectivity index (χ3v) is 2.60. The molecule has 0 aromatic rings. The smallest absolute Gasteiger partial charge is 0.0621 e. The lowest BCUT2D eigenvalue weighted by atomic mass is 9.88. The normalized spacial score (nSPS) is 13.5. The van der Waals surface area contributed by atoms with Crippen LogP contribution in [0.4, 0.5) is 0 Å². The first-order valence-corrected chi connectivity index (χ1v) is 5.61. The zero-order valence-corrected chi connectivity index (χ0v) is 10.5. The first-order chi connectivity index (χ1) is 7.02. The molecule has 0 aromatic carbocycles. The summed E-state index contributed by atoms with van der Waals surface area (Å²) in [5, 5.41) is 12.0. The Balaban J connectivity index is 3.67. The number of rotatable bonds is 8. The van der Waals surface area contributed by atoms with Crippen LogP contribution >= 0.6 is 0 Å². The van der Waals surface area contributed by atoms with Gasteiger partial charge in [0.25, 0.3) is 0 Å². The fourth-order valence-corrected chi connectivity index (χ4v) is 1.33. The van der Waals surface area contributed by atoms with Gasteiger partial charge in [-0.1, -0.05) is 13.8 Å². The van der Waals surface area contributed by atoms with E-state index in [0.29, 0.717) is 12.5 Å². The van der Waals surface area contributed by atoms with Crippen LogP contribution in [0.5, 0.6) is 0 Å². The van der Waals surface area contributed by atoms with Crippen molar-refractivity contribution in [1.82, 2.24) is 5.32 Å². The minimum atomic E-state index is 0.205. The van der Waals surface area contributed by atoms with Crippen molar-refractivity contribution < 1.29 is 4.74 Å². The Morgan fingerprint density at radius 3 is 2.67 bits per heavy atom. The summed E-state index contributed by atoms with van der Waals surface area (Å²) in [6, 6.07) is 2.68. The van der Waals surface area contributed by atoms with Gasteiger partial charge in [-0.25, -0.2) is 0 Å². The SMILES string of the molecule is COCCC(C)NCC(C)(C)CCC#N. The van der Waals surface area contributed by atoms with Gasteiger partial charge in [0, 0.05) is 32.7 Å². The van der Waals surface area contributed by atoms with Crippen LogP contribution in [0, 0.1) is 16.7 Å². The molecular formula is C12H24N2O. The molecule has 3 heteroatoms. The van der Waals surface area contributed by atoms with Crippen LogP contribution in [-0.4, -0.2) is 26.3 Å². The number of methoxy groups -OCH3 is 1. The second-order valence-electron chi connectivity index (χ2n) is 4.89. The standard InChI is InChI=1S/C12H24N2O/c1-11(6-9-15-4)14-10-12(2,3)7-5-8-13/h11,14H,5-7,9-10H2,1-4H3. The summed E-state index contributed by atoms with van der Waals surface area (Å²) < 4.78 is 5.03. The van der Waals surface area contributed by atoms with Crippen molar-refractivity contribution in [3.63, 3.8) is 0 Å². The molecule has 0 aliphatic carbocycles. The summed E-state index contributed by atoms with van der Waals surface area (Å²) in [6.07, 6.45) is 2.62. The van der Waals surface area contributed by atoms with Crippen LogP contribution in [0.15, 0.2) is 0 Å². The topological polar surface area (TPSA) is 45.0 Å². The van der Waals surface area contributed by atoms with Gasteiger partial charge in [0.15, 0.2) is 0 Å². The van der Waals surface area contributed by atoms with Crippen LogP contribution in [0.2, 0.25) is 0 Å². The summed E-state index contributed by atoms with van der Waals surface area (Å²) in [7, 11) is 1.73. The highest BCUT2D eigenvalue weighted by Gasteiger charge is 2.17. The van der Waals surface area contributed by atoms with Crippen molar-refractivity contribution in [2.75, 3.05) is 20.3 Å². The van der Waals surface area contributed by atoms with Crippen LogP contribution < -0.4 is 5.32 Å². The summed E-state index contributed by atoms with van der Waals surface area (Å²) in [4.78, 5) is 0. The summed E-state index contributed by atoms with van der Waals surface area (Å²) in [6.45, 7) is 8.31. The minimum Gasteiger partial charge on any atom is -0.385 e. The Kier molecular flexibility index (Phi) is 7.37. The van der Waals surface area contributed by atoms with E-state index < -0.39 is 0 Å². The molecule has 0 bridgehead atoms. The monoisotopic (exact) mass is 212 g/mol. The quantitative estimate of drug-likeness (QED) is 0.671. The van der Waals surface area contributed by atoms with E-state index in [9.17, 15) is 0 Å². The Morgan fingerprint density at radius 1 is 1.47 bits per heavy atom. The molecule has 88 valence electrons. The maximum Gasteiger partial charge on any atom is 0.0621 e. The molecule has 0 spiro atoms. The van der Waals surface area contributed by atoms with E-state index in [1.54, 1.807) is 7.11 Å². The molecule has 0 amide bonds. The molecule has 1 atom stereocenters. The molecule has 0 rings (SSSR count). The molecule has 0 saturated heterocycles. The van der Waals surface area contributed by atoms with E-state index in [2.05, 4.69) is 32.2 Å². The number of nitrogens with one attached hydrogen (secondary N) is 1. The molecule has 0 heterocycles. The van der Waals surface area contributed by atoms with E-state index in [1.165, 1.54) is 0 Å². The first kappa shape index (κ1) is 14.4. The number of nitrogens with zero attached hydrogens (tertiary/aromatic N) is 1. The molecule has 0 aliphatic rings. The van der Waals surface area contributed by atoms with Crippen molar-refractivity contribution in [2.24, 2.45) is 5.41 Å². The molecule has 0 saturated carbocycles. The molecule has 1 unspecified atom stereocenters.